The first-order valence-electron chi connectivity index (χ1n) is 1.89. The van der Waals surface area contributed by atoms with Crippen LogP contribution >= 0.6 is 12.6 Å². The molecule has 0 bridgehead atoms. The van der Waals surface area contributed by atoms with Crippen molar-refractivity contribution in [2.24, 2.45) is 5.73 Å². The maximum absolute atomic E-state index is 6.62. The molecule has 4 N–H and O–H groups in total. The van der Waals surface area contributed by atoms with Crippen molar-refractivity contribution in [1.82, 2.24) is 5.32 Å². The number of guanidine groups is 1. The first-order valence-corrected chi connectivity index (χ1v) is 2.36. The Labute approximate surface area is 48.2 Å². The predicted octanol–water partition coefficient (Wildman–Crippen LogP) is 0.0130. The SMILES string of the molecule is CC([S])NC(=N)N. The summed E-state index contributed by atoms with van der Waals surface area (Å²) in [6, 6.07) is 0. The summed E-state index contributed by atoms with van der Waals surface area (Å²) in [7, 11) is 0. The second kappa shape index (κ2) is 2.74. The topological polar surface area (TPSA) is 61.9 Å². The van der Waals surface area contributed by atoms with Gasteiger partial charge in [0, 0.05) is 0 Å². The Balaban J connectivity index is 3.13. The summed E-state index contributed by atoms with van der Waals surface area (Å²) < 4.78 is 0. The lowest BCUT2D eigenvalue weighted by molar-refractivity contribution is 0.889. The van der Waals surface area contributed by atoms with Crippen molar-refractivity contribution in [3.63, 3.8) is 0 Å². The molecule has 1 atom stereocenters. The molecule has 0 spiro atoms. The monoisotopic (exact) mass is 118 g/mol. The van der Waals surface area contributed by atoms with Gasteiger partial charge in [0.2, 0.25) is 0 Å². The predicted molar refractivity (Wildman–Crippen MR) is 32.1 cm³/mol. The minimum absolute atomic E-state index is 0.0671. The molecule has 7 heavy (non-hydrogen) atoms. The van der Waals surface area contributed by atoms with E-state index in [-0.39, 0.29) is 11.3 Å². The smallest absolute Gasteiger partial charge is 0.186 e. The Morgan fingerprint density at radius 3 is 2.43 bits per heavy atom. The second-order valence-corrected chi connectivity index (χ2v) is 1.91. The maximum atomic E-state index is 6.62. The second-order valence-electron chi connectivity index (χ2n) is 1.20. The van der Waals surface area contributed by atoms with E-state index in [4.69, 9.17) is 11.1 Å². The molecule has 3 nitrogen and oxygen atoms in total. The number of nitrogens with two attached hydrogens (primary N) is 1. The maximum Gasteiger partial charge on any atom is 0.186 e. The van der Waals surface area contributed by atoms with E-state index in [9.17, 15) is 0 Å². The fraction of sp³-hybridized carbons (Fsp3) is 0.667. The van der Waals surface area contributed by atoms with Gasteiger partial charge in [-0.05, 0) is 6.92 Å². The molecule has 0 heterocycles. The minimum Gasteiger partial charge on any atom is -0.370 e. The Kier molecular flexibility index (Phi) is 2.59. The molecule has 4 heteroatoms. The van der Waals surface area contributed by atoms with Gasteiger partial charge in [0.25, 0.3) is 0 Å². The van der Waals surface area contributed by atoms with E-state index in [2.05, 4.69) is 17.9 Å². The van der Waals surface area contributed by atoms with Crippen LogP contribution in [-0.2, 0) is 0 Å². The Hall–Kier alpha value is -0.380. The van der Waals surface area contributed by atoms with Gasteiger partial charge in [-0.25, -0.2) is 0 Å². The molecule has 0 saturated carbocycles. The van der Waals surface area contributed by atoms with Crippen LogP contribution < -0.4 is 11.1 Å². The molecule has 1 radical (unpaired) electrons. The highest BCUT2D eigenvalue weighted by molar-refractivity contribution is 7.80. The van der Waals surface area contributed by atoms with E-state index in [0.29, 0.717) is 0 Å². The van der Waals surface area contributed by atoms with Gasteiger partial charge in [-0.2, -0.15) is 0 Å². The zero-order valence-corrected chi connectivity index (χ0v) is 4.88. The fourth-order valence-electron chi connectivity index (χ4n) is 0.219. The van der Waals surface area contributed by atoms with Crippen molar-refractivity contribution < 1.29 is 0 Å². The van der Waals surface area contributed by atoms with Gasteiger partial charge in [0.15, 0.2) is 5.96 Å². The molecule has 0 aliphatic heterocycles. The summed E-state index contributed by atoms with van der Waals surface area (Å²) in [4.78, 5) is 0. The normalized spacial score (nSPS) is 12.9. The standard InChI is InChI=1S/C3H8N3S/c1-2(7)6-3(4)5/h2H,1H3,(H4,4,5,6). The third kappa shape index (κ3) is 5.62. The van der Waals surface area contributed by atoms with Crippen LogP contribution in [-0.4, -0.2) is 11.3 Å². The molecule has 0 amide bonds. The van der Waals surface area contributed by atoms with E-state index in [1.165, 1.54) is 0 Å². The largest absolute Gasteiger partial charge is 0.370 e. The third-order valence-electron chi connectivity index (χ3n) is 0.359. The van der Waals surface area contributed by atoms with Gasteiger partial charge < -0.3 is 11.1 Å². The van der Waals surface area contributed by atoms with Crippen LogP contribution in [0.1, 0.15) is 6.92 Å². The molecular weight excluding hydrogens is 110 g/mol. The minimum atomic E-state index is -0.141. The first kappa shape index (κ1) is 6.62. The quantitative estimate of drug-likeness (QED) is 0.335. The highest BCUT2D eigenvalue weighted by Gasteiger charge is 1.90. The van der Waals surface area contributed by atoms with E-state index in [0.717, 1.165) is 0 Å². The van der Waals surface area contributed by atoms with Crippen molar-refractivity contribution in [3.05, 3.63) is 0 Å². The van der Waals surface area contributed by atoms with Crippen molar-refractivity contribution >= 4 is 18.6 Å². The lowest BCUT2D eigenvalue weighted by Crippen LogP contribution is -2.34. The van der Waals surface area contributed by atoms with Crippen LogP contribution in [0.2, 0.25) is 0 Å². The average Bonchev–Trinajstić information content (AvgIpc) is 1.27. The third-order valence-corrected chi connectivity index (χ3v) is 0.477. The van der Waals surface area contributed by atoms with Crippen molar-refractivity contribution in [2.75, 3.05) is 0 Å². The number of hydrogen-bond donors (Lipinski definition) is 3. The molecule has 0 aliphatic carbocycles. The molecule has 0 aromatic carbocycles. The molecule has 0 saturated heterocycles. The van der Waals surface area contributed by atoms with E-state index in [1.807, 2.05) is 0 Å². The average molecular weight is 118 g/mol. The highest BCUT2D eigenvalue weighted by Crippen LogP contribution is 1.81. The lowest BCUT2D eigenvalue weighted by atomic mass is 10.7. The van der Waals surface area contributed by atoms with Crippen LogP contribution in [0.4, 0.5) is 0 Å². The summed E-state index contributed by atoms with van der Waals surface area (Å²) in [5, 5.41) is 8.96. The van der Waals surface area contributed by atoms with Crippen LogP contribution in [0, 0.1) is 5.41 Å². The molecular formula is C3H8N3S. The van der Waals surface area contributed by atoms with Crippen LogP contribution in [0.15, 0.2) is 0 Å². The van der Waals surface area contributed by atoms with E-state index in [1.54, 1.807) is 6.92 Å². The Bertz CT molecular complexity index is 70.6. The zero-order chi connectivity index (χ0) is 5.86. The highest BCUT2D eigenvalue weighted by atomic mass is 32.1. The Morgan fingerprint density at radius 1 is 2.00 bits per heavy atom. The zero-order valence-electron chi connectivity index (χ0n) is 4.06. The first-order chi connectivity index (χ1) is 3.13. The number of hydrogen-bond acceptors (Lipinski definition) is 1. The number of rotatable bonds is 1. The van der Waals surface area contributed by atoms with Crippen molar-refractivity contribution in [2.45, 2.75) is 12.3 Å². The van der Waals surface area contributed by atoms with Gasteiger partial charge >= 0.3 is 0 Å². The molecule has 0 aromatic rings. The van der Waals surface area contributed by atoms with Gasteiger partial charge in [-0.3, -0.25) is 5.41 Å². The van der Waals surface area contributed by atoms with Gasteiger partial charge in [-0.15, -0.1) is 0 Å². The molecule has 1 unspecified atom stereocenters. The Morgan fingerprint density at radius 2 is 2.43 bits per heavy atom. The van der Waals surface area contributed by atoms with Crippen LogP contribution in [0.3, 0.4) is 0 Å². The summed E-state index contributed by atoms with van der Waals surface area (Å²) in [6.45, 7) is 1.75. The van der Waals surface area contributed by atoms with Gasteiger partial charge in [-0.1, -0.05) is 12.6 Å². The van der Waals surface area contributed by atoms with Crippen LogP contribution in [0.5, 0.6) is 0 Å². The molecule has 0 aromatic heterocycles. The lowest BCUT2D eigenvalue weighted by Gasteiger charge is -2.02. The van der Waals surface area contributed by atoms with Gasteiger partial charge in [0.1, 0.15) is 0 Å². The number of nitrogens with one attached hydrogen (secondary N) is 2. The molecule has 41 valence electrons. The van der Waals surface area contributed by atoms with Gasteiger partial charge in [0.05, 0.1) is 5.37 Å². The van der Waals surface area contributed by atoms with E-state index >= 15 is 0 Å². The molecule has 0 fully saturated rings. The van der Waals surface area contributed by atoms with Crippen molar-refractivity contribution in [1.29, 1.82) is 5.41 Å². The summed E-state index contributed by atoms with van der Waals surface area (Å²) in [6.07, 6.45) is 0. The molecule has 0 rings (SSSR count). The summed E-state index contributed by atoms with van der Waals surface area (Å²) >= 11 is 4.62. The van der Waals surface area contributed by atoms with Crippen molar-refractivity contribution in [3.8, 4) is 0 Å². The molecule has 0 aliphatic rings. The fourth-order valence-corrected chi connectivity index (χ4v) is 0.346. The summed E-state index contributed by atoms with van der Waals surface area (Å²) in [5.74, 6) is -0.0671. The summed E-state index contributed by atoms with van der Waals surface area (Å²) in [5.41, 5.74) is 4.90. The van der Waals surface area contributed by atoms with E-state index < -0.39 is 0 Å². The van der Waals surface area contributed by atoms with Crippen LogP contribution in [0.25, 0.3) is 0 Å².